The standard InChI is InChI=1S/C16H21NO/c1-3-4-14-15-9-17-11(2)13(15)7-8-16(14)18-10-12-5-6-12/h7-8,12H,3-6,9-10H2,1-2H3. The smallest absolute Gasteiger partial charge is 0.122 e. The summed E-state index contributed by atoms with van der Waals surface area (Å²) in [4.78, 5) is 4.56. The van der Waals surface area contributed by atoms with E-state index < -0.39 is 0 Å². The van der Waals surface area contributed by atoms with E-state index in [0.29, 0.717) is 0 Å². The normalized spacial score (nSPS) is 17.6. The van der Waals surface area contributed by atoms with E-state index in [-0.39, 0.29) is 0 Å². The van der Waals surface area contributed by atoms with Crippen LogP contribution in [0.2, 0.25) is 0 Å². The average molecular weight is 243 g/mol. The maximum Gasteiger partial charge on any atom is 0.122 e. The minimum Gasteiger partial charge on any atom is -0.493 e. The topological polar surface area (TPSA) is 21.6 Å². The molecule has 96 valence electrons. The minimum absolute atomic E-state index is 0.811. The number of ether oxygens (including phenoxy) is 1. The summed E-state index contributed by atoms with van der Waals surface area (Å²) in [6.07, 6.45) is 4.95. The number of fused-ring (bicyclic) bond motifs is 1. The Morgan fingerprint density at radius 1 is 1.33 bits per heavy atom. The molecule has 0 radical (unpaired) electrons. The molecule has 1 saturated carbocycles. The van der Waals surface area contributed by atoms with Crippen LogP contribution in [0.25, 0.3) is 0 Å². The SMILES string of the molecule is CCCc1c(OCC2CC2)ccc2c1CN=C2C. The molecule has 1 heterocycles. The largest absolute Gasteiger partial charge is 0.493 e. The van der Waals surface area contributed by atoms with Crippen molar-refractivity contribution >= 4 is 5.71 Å². The number of benzene rings is 1. The van der Waals surface area contributed by atoms with Gasteiger partial charge in [-0.2, -0.15) is 0 Å². The minimum atomic E-state index is 0.811. The van der Waals surface area contributed by atoms with Crippen LogP contribution in [0.15, 0.2) is 17.1 Å². The van der Waals surface area contributed by atoms with Gasteiger partial charge in [-0.05, 0) is 55.4 Å². The number of rotatable bonds is 5. The Hall–Kier alpha value is -1.31. The number of hydrogen-bond donors (Lipinski definition) is 0. The lowest BCUT2D eigenvalue weighted by Gasteiger charge is -2.15. The molecule has 1 aromatic rings. The van der Waals surface area contributed by atoms with Crippen LogP contribution in [-0.4, -0.2) is 12.3 Å². The van der Waals surface area contributed by atoms with Gasteiger partial charge in [0.1, 0.15) is 5.75 Å². The first-order chi connectivity index (χ1) is 8.79. The molecular weight excluding hydrogens is 222 g/mol. The van der Waals surface area contributed by atoms with Crippen LogP contribution < -0.4 is 4.74 Å². The predicted octanol–water partition coefficient (Wildman–Crippen LogP) is 3.75. The maximum absolute atomic E-state index is 6.02. The first kappa shape index (κ1) is 11.8. The summed E-state index contributed by atoms with van der Waals surface area (Å²) < 4.78 is 6.02. The molecule has 0 aromatic heterocycles. The monoisotopic (exact) mass is 243 g/mol. The third-order valence-electron chi connectivity index (χ3n) is 3.92. The second-order valence-electron chi connectivity index (χ2n) is 5.47. The van der Waals surface area contributed by atoms with Crippen molar-refractivity contribution in [1.82, 2.24) is 0 Å². The molecule has 1 fully saturated rings. The van der Waals surface area contributed by atoms with Crippen LogP contribution in [0.5, 0.6) is 5.75 Å². The van der Waals surface area contributed by atoms with Gasteiger partial charge in [0.25, 0.3) is 0 Å². The molecule has 18 heavy (non-hydrogen) atoms. The molecule has 2 nitrogen and oxygen atoms in total. The molecule has 0 spiro atoms. The van der Waals surface area contributed by atoms with Crippen molar-refractivity contribution in [2.45, 2.75) is 46.1 Å². The van der Waals surface area contributed by atoms with Gasteiger partial charge >= 0.3 is 0 Å². The number of hydrogen-bond acceptors (Lipinski definition) is 2. The Morgan fingerprint density at radius 3 is 2.89 bits per heavy atom. The average Bonchev–Trinajstić information content (AvgIpc) is 3.12. The molecule has 2 heteroatoms. The third-order valence-corrected chi connectivity index (χ3v) is 3.92. The van der Waals surface area contributed by atoms with Crippen molar-refractivity contribution in [3.63, 3.8) is 0 Å². The lowest BCUT2D eigenvalue weighted by molar-refractivity contribution is 0.296. The molecule has 1 aliphatic carbocycles. The second-order valence-corrected chi connectivity index (χ2v) is 5.47. The van der Waals surface area contributed by atoms with E-state index >= 15 is 0 Å². The summed E-state index contributed by atoms with van der Waals surface area (Å²) in [5.74, 6) is 1.91. The molecule has 0 unspecified atom stereocenters. The zero-order valence-electron chi connectivity index (χ0n) is 11.3. The summed E-state index contributed by atoms with van der Waals surface area (Å²) in [6.45, 7) is 6.07. The van der Waals surface area contributed by atoms with Gasteiger partial charge in [-0.15, -0.1) is 0 Å². The highest BCUT2D eigenvalue weighted by Crippen LogP contribution is 2.34. The summed E-state index contributed by atoms with van der Waals surface area (Å²) in [7, 11) is 0. The van der Waals surface area contributed by atoms with Crippen LogP contribution in [-0.2, 0) is 13.0 Å². The van der Waals surface area contributed by atoms with Gasteiger partial charge in [0.2, 0.25) is 0 Å². The highest BCUT2D eigenvalue weighted by Gasteiger charge is 2.24. The molecular formula is C16H21NO. The molecule has 0 saturated heterocycles. The van der Waals surface area contributed by atoms with Gasteiger partial charge in [0, 0.05) is 11.3 Å². The van der Waals surface area contributed by atoms with Crippen molar-refractivity contribution in [1.29, 1.82) is 0 Å². The van der Waals surface area contributed by atoms with Crippen LogP contribution in [0.3, 0.4) is 0 Å². The molecule has 0 atom stereocenters. The Bertz CT molecular complexity index is 486. The van der Waals surface area contributed by atoms with Crippen LogP contribution >= 0.6 is 0 Å². The van der Waals surface area contributed by atoms with Gasteiger partial charge in [-0.25, -0.2) is 0 Å². The molecule has 0 N–H and O–H groups in total. The van der Waals surface area contributed by atoms with Crippen molar-refractivity contribution in [2.75, 3.05) is 6.61 Å². The highest BCUT2D eigenvalue weighted by molar-refractivity contribution is 6.02. The van der Waals surface area contributed by atoms with Crippen LogP contribution in [0.1, 0.15) is 49.8 Å². The van der Waals surface area contributed by atoms with Crippen LogP contribution in [0.4, 0.5) is 0 Å². The maximum atomic E-state index is 6.02. The second kappa shape index (κ2) is 4.75. The van der Waals surface area contributed by atoms with E-state index in [0.717, 1.165) is 37.7 Å². The van der Waals surface area contributed by atoms with E-state index in [2.05, 4.69) is 31.0 Å². The van der Waals surface area contributed by atoms with Gasteiger partial charge < -0.3 is 4.74 Å². The van der Waals surface area contributed by atoms with Gasteiger partial charge in [-0.3, -0.25) is 4.99 Å². The van der Waals surface area contributed by atoms with Crippen molar-refractivity contribution in [2.24, 2.45) is 10.9 Å². The van der Waals surface area contributed by atoms with Crippen molar-refractivity contribution < 1.29 is 4.74 Å². The first-order valence-corrected chi connectivity index (χ1v) is 7.08. The van der Waals surface area contributed by atoms with E-state index in [1.165, 1.54) is 35.2 Å². The zero-order valence-corrected chi connectivity index (χ0v) is 11.3. The summed E-state index contributed by atoms with van der Waals surface area (Å²) in [5.41, 5.74) is 5.31. The quantitative estimate of drug-likeness (QED) is 0.771. The van der Waals surface area contributed by atoms with Crippen LogP contribution in [0, 0.1) is 5.92 Å². The lowest BCUT2D eigenvalue weighted by Crippen LogP contribution is -2.05. The van der Waals surface area contributed by atoms with E-state index in [1.807, 2.05) is 0 Å². The Morgan fingerprint density at radius 2 is 2.17 bits per heavy atom. The molecule has 1 aliphatic heterocycles. The Kier molecular flexibility index (Phi) is 3.11. The zero-order chi connectivity index (χ0) is 12.5. The third kappa shape index (κ3) is 2.16. The lowest BCUT2D eigenvalue weighted by atomic mass is 9.96. The molecule has 1 aromatic carbocycles. The highest BCUT2D eigenvalue weighted by atomic mass is 16.5. The fourth-order valence-corrected chi connectivity index (χ4v) is 2.63. The summed E-state index contributed by atoms with van der Waals surface area (Å²) in [5, 5.41) is 0. The van der Waals surface area contributed by atoms with Crippen molar-refractivity contribution in [3.05, 3.63) is 28.8 Å². The predicted molar refractivity (Wildman–Crippen MR) is 74.6 cm³/mol. The Balaban J connectivity index is 1.88. The van der Waals surface area contributed by atoms with E-state index in [4.69, 9.17) is 4.74 Å². The Labute approximate surface area is 109 Å². The number of aliphatic imine (C=N–C) groups is 1. The van der Waals surface area contributed by atoms with Gasteiger partial charge in [-0.1, -0.05) is 13.3 Å². The fraction of sp³-hybridized carbons (Fsp3) is 0.562. The number of nitrogens with zero attached hydrogens (tertiary/aromatic N) is 1. The van der Waals surface area contributed by atoms with Gasteiger partial charge in [0.05, 0.1) is 13.2 Å². The first-order valence-electron chi connectivity index (χ1n) is 7.08. The summed E-state index contributed by atoms with van der Waals surface area (Å²) in [6, 6.07) is 4.33. The van der Waals surface area contributed by atoms with Crippen molar-refractivity contribution in [3.8, 4) is 5.75 Å². The van der Waals surface area contributed by atoms with E-state index in [9.17, 15) is 0 Å². The molecule has 0 bridgehead atoms. The molecule has 2 aliphatic rings. The molecule has 3 rings (SSSR count). The fourth-order valence-electron chi connectivity index (χ4n) is 2.63. The molecule has 0 amide bonds. The summed E-state index contributed by atoms with van der Waals surface area (Å²) >= 11 is 0. The van der Waals surface area contributed by atoms with E-state index in [1.54, 1.807) is 0 Å². The van der Waals surface area contributed by atoms with Gasteiger partial charge in [0.15, 0.2) is 0 Å².